The molecule has 0 bridgehead atoms. The molecule has 0 heterocycles. The zero-order chi connectivity index (χ0) is 15.4. The number of hydrogen-bond donors (Lipinski definition) is 1. The van der Waals surface area contributed by atoms with Crippen molar-refractivity contribution in [1.82, 2.24) is 5.32 Å². The molecule has 0 spiro atoms. The Morgan fingerprint density at radius 3 is 2.71 bits per heavy atom. The Balaban J connectivity index is 2.19. The van der Waals surface area contributed by atoms with E-state index in [0.29, 0.717) is 16.1 Å². The van der Waals surface area contributed by atoms with Crippen molar-refractivity contribution in [1.29, 1.82) is 0 Å². The van der Waals surface area contributed by atoms with Crippen LogP contribution in [0, 0.1) is 5.82 Å². The first-order valence-electron chi connectivity index (χ1n) is 6.54. The first-order chi connectivity index (χ1) is 10.0. The minimum atomic E-state index is -0.276. The minimum Gasteiger partial charge on any atom is -0.489 e. The molecule has 2 rings (SSSR count). The van der Waals surface area contributed by atoms with Gasteiger partial charge < -0.3 is 10.1 Å². The summed E-state index contributed by atoms with van der Waals surface area (Å²) in [6, 6.07) is 10.2. The molecule has 1 unspecified atom stereocenters. The average Bonchev–Trinajstić information content (AvgIpc) is 2.46. The Labute approximate surface area is 137 Å². The number of hydrogen-bond acceptors (Lipinski definition) is 2. The second-order valence-electron chi connectivity index (χ2n) is 4.72. The highest BCUT2D eigenvalue weighted by atomic mass is 79.9. The summed E-state index contributed by atoms with van der Waals surface area (Å²) in [6.45, 7) is 2.39. The van der Waals surface area contributed by atoms with E-state index >= 15 is 0 Å². The van der Waals surface area contributed by atoms with Gasteiger partial charge in [-0.05, 0) is 44.3 Å². The molecule has 0 saturated heterocycles. The van der Waals surface area contributed by atoms with Gasteiger partial charge in [0, 0.05) is 26.7 Å². The Kier molecular flexibility index (Phi) is 5.62. The molecule has 0 radical (unpaired) electrons. The van der Waals surface area contributed by atoms with Crippen LogP contribution in [-0.2, 0) is 6.61 Å². The molecule has 2 nitrogen and oxygen atoms in total. The first-order valence-corrected chi connectivity index (χ1v) is 7.72. The first kappa shape index (κ1) is 16.3. The van der Waals surface area contributed by atoms with Crippen LogP contribution >= 0.6 is 27.5 Å². The topological polar surface area (TPSA) is 21.3 Å². The van der Waals surface area contributed by atoms with Gasteiger partial charge in [0.25, 0.3) is 0 Å². The predicted octanol–water partition coefficient (Wildman–Crippen LogP) is 5.10. The molecular formula is C16H16BrClFNO. The summed E-state index contributed by atoms with van der Waals surface area (Å²) >= 11 is 9.39. The lowest BCUT2D eigenvalue weighted by Gasteiger charge is -2.17. The highest BCUT2D eigenvalue weighted by Gasteiger charge is 2.12. The van der Waals surface area contributed by atoms with Gasteiger partial charge in [-0.1, -0.05) is 33.6 Å². The van der Waals surface area contributed by atoms with Crippen molar-refractivity contribution in [3.63, 3.8) is 0 Å². The van der Waals surface area contributed by atoms with Crippen molar-refractivity contribution in [2.75, 3.05) is 7.05 Å². The van der Waals surface area contributed by atoms with E-state index in [0.717, 1.165) is 16.9 Å². The summed E-state index contributed by atoms with van der Waals surface area (Å²) in [5.41, 5.74) is 1.87. The summed E-state index contributed by atoms with van der Waals surface area (Å²) in [7, 11) is 1.88. The number of halogens is 3. The number of ether oxygens (including phenoxy) is 1. The largest absolute Gasteiger partial charge is 0.489 e. The Bertz CT molecular complexity index is 636. The van der Waals surface area contributed by atoms with Crippen molar-refractivity contribution >= 4 is 27.5 Å². The molecule has 0 saturated carbocycles. The third-order valence-corrected chi connectivity index (χ3v) is 4.24. The van der Waals surface area contributed by atoms with Gasteiger partial charge in [0.2, 0.25) is 0 Å². The molecule has 1 atom stereocenters. The van der Waals surface area contributed by atoms with E-state index in [2.05, 4.69) is 21.2 Å². The van der Waals surface area contributed by atoms with Crippen LogP contribution in [0.25, 0.3) is 0 Å². The molecule has 0 aromatic heterocycles. The molecule has 0 aliphatic heterocycles. The maximum atomic E-state index is 13.1. The van der Waals surface area contributed by atoms with Crippen LogP contribution in [-0.4, -0.2) is 7.05 Å². The zero-order valence-electron chi connectivity index (χ0n) is 11.8. The van der Waals surface area contributed by atoms with E-state index < -0.39 is 0 Å². The van der Waals surface area contributed by atoms with Gasteiger partial charge in [0.1, 0.15) is 18.2 Å². The third kappa shape index (κ3) is 4.19. The van der Waals surface area contributed by atoms with Crippen molar-refractivity contribution in [3.05, 3.63) is 62.8 Å². The van der Waals surface area contributed by atoms with Crippen LogP contribution < -0.4 is 10.1 Å². The van der Waals surface area contributed by atoms with Crippen LogP contribution in [0.4, 0.5) is 4.39 Å². The van der Waals surface area contributed by atoms with E-state index in [1.54, 1.807) is 12.1 Å². The van der Waals surface area contributed by atoms with Crippen molar-refractivity contribution in [2.24, 2.45) is 0 Å². The molecule has 1 N–H and O–H groups in total. The molecule has 2 aromatic carbocycles. The molecular weight excluding hydrogens is 357 g/mol. The molecule has 0 aliphatic carbocycles. The van der Waals surface area contributed by atoms with Gasteiger partial charge in [-0.15, -0.1) is 0 Å². The van der Waals surface area contributed by atoms with E-state index in [9.17, 15) is 4.39 Å². The summed E-state index contributed by atoms with van der Waals surface area (Å²) < 4.78 is 19.6. The smallest absolute Gasteiger partial charge is 0.124 e. The Morgan fingerprint density at radius 1 is 1.29 bits per heavy atom. The summed E-state index contributed by atoms with van der Waals surface area (Å²) in [5, 5.41) is 3.84. The van der Waals surface area contributed by atoms with Crippen LogP contribution in [0.15, 0.2) is 40.9 Å². The summed E-state index contributed by atoms with van der Waals surface area (Å²) in [4.78, 5) is 0. The molecule has 2 aromatic rings. The van der Waals surface area contributed by atoms with E-state index in [1.807, 2.05) is 26.1 Å². The molecule has 0 aliphatic rings. The third-order valence-electron chi connectivity index (χ3n) is 3.27. The normalized spacial score (nSPS) is 12.2. The maximum Gasteiger partial charge on any atom is 0.124 e. The van der Waals surface area contributed by atoms with Crippen LogP contribution in [0.1, 0.15) is 24.1 Å². The number of rotatable bonds is 5. The fraction of sp³-hybridized carbons (Fsp3) is 0.250. The Morgan fingerprint density at radius 2 is 2.05 bits per heavy atom. The van der Waals surface area contributed by atoms with E-state index in [-0.39, 0.29) is 11.9 Å². The number of nitrogens with one attached hydrogen (secondary N) is 1. The highest BCUT2D eigenvalue weighted by molar-refractivity contribution is 9.10. The number of benzene rings is 2. The van der Waals surface area contributed by atoms with E-state index in [4.69, 9.17) is 16.3 Å². The maximum absolute atomic E-state index is 13.1. The second-order valence-corrected chi connectivity index (χ2v) is 6.01. The molecule has 5 heteroatoms. The van der Waals surface area contributed by atoms with Crippen LogP contribution in [0.5, 0.6) is 5.75 Å². The SMILES string of the molecule is CNC(C)c1cc(Cl)ccc1OCc1ccc(F)cc1Br. The van der Waals surface area contributed by atoms with Gasteiger partial charge in [0.05, 0.1) is 0 Å². The minimum absolute atomic E-state index is 0.121. The lowest BCUT2D eigenvalue weighted by atomic mass is 10.1. The predicted molar refractivity (Wildman–Crippen MR) is 87.4 cm³/mol. The lowest BCUT2D eigenvalue weighted by molar-refractivity contribution is 0.299. The molecule has 0 fully saturated rings. The second kappa shape index (κ2) is 7.25. The van der Waals surface area contributed by atoms with Crippen molar-refractivity contribution in [3.8, 4) is 5.75 Å². The lowest BCUT2D eigenvalue weighted by Crippen LogP contribution is -2.13. The average molecular weight is 373 g/mol. The fourth-order valence-electron chi connectivity index (χ4n) is 1.94. The van der Waals surface area contributed by atoms with Crippen LogP contribution in [0.3, 0.4) is 0 Å². The van der Waals surface area contributed by atoms with Crippen molar-refractivity contribution in [2.45, 2.75) is 19.6 Å². The molecule has 112 valence electrons. The molecule has 21 heavy (non-hydrogen) atoms. The van der Waals surface area contributed by atoms with Crippen molar-refractivity contribution < 1.29 is 9.13 Å². The monoisotopic (exact) mass is 371 g/mol. The Hall–Kier alpha value is -1.10. The zero-order valence-corrected chi connectivity index (χ0v) is 14.1. The van der Waals surface area contributed by atoms with Gasteiger partial charge in [-0.25, -0.2) is 4.39 Å². The van der Waals surface area contributed by atoms with Gasteiger partial charge >= 0.3 is 0 Å². The van der Waals surface area contributed by atoms with Gasteiger partial charge in [-0.3, -0.25) is 0 Å². The highest BCUT2D eigenvalue weighted by Crippen LogP contribution is 2.29. The van der Waals surface area contributed by atoms with Gasteiger partial charge in [0.15, 0.2) is 0 Å². The van der Waals surface area contributed by atoms with Gasteiger partial charge in [-0.2, -0.15) is 0 Å². The standard InChI is InChI=1S/C16H16BrClFNO/c1-10(20-2)14-7-12(18)4-6-16(14)21-9-11-3-5-13(19)8-15(11)17/h3-8,10,20H,9H2,1-2H3. The summed E-state index contributed by atoms with van der Waals surface area (Å²) in [5.74, 6) is 0.485. The fourth-order valence-corrected chi connectivity index (χ4v) is 2.58. The summed E-state index contributed by atoms with van der Waals surface area (Å²) in [6.07, 6.45) is 0. The van der Waals surface area contributed by atoms with E-state index in [1.165, 1.54) is 12.1 Å². The van der Waals surface area contributed by atoms with Crippen LogP contribution in [0.2, 0.25) is 5.02 Å². The molecule has 0 amide bonds. The quantitative estimate of drug-likeness (QED) is 0.788.